The summed E-state index contributed by atoms with van der Waals surface area (Å²) < 4.78 is 0. The van der Waals surface area contributed by atoms with Gasteiger partial charge in [-0.25, -0.2) is 0 Å². The van der Waals surface area contributed by atoms with E-state index in [1.807, 2.05) is 18.7 Å². The van der Waals surface area contributed by atoms with Crippen LogP contribution in [0.25, 0.3) is 0 Å². The lowest BCUT2D eigenvalue weighted by atomic mass is 10.1. The monoisotopic (exact) mass is 298 g/mol. The van der Waals surface area contributed by atoms with Crippen LogP contribution in [0.15, 0.2) is 0 Å². The minimum atomic E-state index is -0.648. The molecule has 0 aromatic carbocycles. The molecule has 0 spiro atoms. The highest BCUT2D eigenvalue weighted by molar-refractivity contribution is 5.76. The van der Waals surface area contributed by atoms with E-state index >= 15 is 0 Å². The average Bonchev–Trinajstić information content (AvgIpc) is 2.41. The van der Waals surface area contributed by atoms with Gasteiger partial charge in [0.1, 0.15) is 0 Å². The zero-order valence-electron chi connectivity index (χ0n) is 14.2. The molecule has 0 aliphatic carbocycles. The predicted octanol–water partition coefficient (Wildman–Crippen LogP) is 2.65. The van der Waals surface area contributed by atoms with Gasteiger partial charge in [-0.2, -0.15) is 0 Å². The number of piperazine rings is 1. The molecule has 1 fully saturated rings. The van der Waals surface area contributed by atoms with Gasteiger partial charge >= 0.3 is 0 Å². The van der Waals surface area contributed by atoms with Crippen LogP contribution in [0.2, 0.25) is 0 Å². The number of amides is 1. The number of aliphatic hydroxyl groups is 1. The van der Waals surface area contributed by atoms with Crippen LogP contribution in [0.5, 0.6) is 0 Å². The third-order valence-electron chi connectivity index (χ3n) is 4.08. The van der Waals surface area contributed by atoms with Crippen molar-refractivity contribution in [3.63, 3.8) is 0 Å². The zero-order chi connectivity index (χ0) is 15.7. The fourth-order valence-electron chi connectivity index (χ4n) is 2.92. The third kappa shape index (κ3) is 8.42. The second kappa shape index (κ2) is 9.42. The number of carbonyl (C=O) groups excluding carboxylic acids is 1. The Balaban J connectivity index is 2.11. The lowest BCUT2D eigenvalue weighted by Gasteiger charge is -2.37. The third-order valence-corrected chi connectivity index (χ3v) is 4.08. The largest absolute Gasteiger partial charge is 0.389 e. The summed E-state index contributed by atoms with van der Waals surface area (Å²) in [6.07, 6.45) is 8.08. The Morgan fingerprint density at radius 2 is 1.57 bits per heavy atom. The van der Waals surface area contributed by atoms with E-state index in [-0.39, 0.29) is 0 Å². The summed E-state index contributed by atoms with van der Waals surface area (Å²) >= 11 is 0. The van der Waals surface area contributed by atoms with Gasteiger partial charge in [-0.05, 0) is 20.3 Å². The first-order valence-electron chi connectivity index (χ1n) is 8.65. The Kier molecular flexibility index (Phi) is 8.27. The van der Waals surface area contributed by atoms with Crippen molar-refractivity contribution in [1.82, 2.24) is 9.80 Å². The van der Waals surface area contributed by atoms with Crippen LogP contribution in [-0.2, 0) is 4.79 Å². The molecular weight excluding hydrogens is 264 g/mol. The molecule has 1 aliphatic heterocycles. The van der Waals surface area contributed by atoms with E-state index in [0.29, 0.717) is 18.9 Å². The summed E-state index contributed by atoms with van der Waals surface area (Å²) in [5, 5.41) is 9.83. The van der Waals surface area contributed by atoms with E-state index in [0.717, 1.165) is 32.6 Å². The summed E-state index contributed by atoms with van der Waals surface area (Å²) in [5.74, 6) is 0.313. The average molecular weight is 298 g/mol. The molecule has 0 saturated carbocycles. The lowest BCUT2D eigenvalue weighted by molar-refractivity contribution is -0.133. The van der Waals surface area contributed by atoms with Crippen molar-refractivity contribution in [3.8, 4) is 0 Å². The minimum absolute atomic E-state index is 0.313. The van der Waals surface area contributed by atoms with Crippen LogP contribution < -0.4 is 0 Å². The van der Waals surface area contributed by atoms with E-state index in [1.54, 1.807) is 0 Å². The zero-order valence-corrected chi connectivity index (χ0v) is 14.2. The summed E-state index contributed by atoms with van der Waals surface area (Å²) in [7, 11) is 0. The van der Waals surface area contributed by atoms with Crippen molar-refractivity contribution in [1.29, 1.82) is 0 Å². The quantitative estimate of drug-likeness (QED) is 0.666. The second-order valence-electron chi connectivity index (χ2n) is 6.99. The Labute approximate surface area is 130 Å². The SMILES string of the molecule is CCCCCCCCC(=O)N1CCN(CC(C)(C)O)CC1. The van der Waals surface area contributed by atoms with Gasteiger partial charge in [-0.1, -0.05) is 39.0 Å². The van der Waals surface area contributed by atoms with E-state index in [2.05, 4.69) is 11.8 Å². The fourth-order valence-corrected chi connectivity index (χ4v) is 2.92. The maximum atomic E-state index is 12.1. The molecule has 21 heavy (non-hydrogen) atoms. The first kappa shape index (κ1) is 18.4. The predicted molar refractivity (Wildman–Crippen MR) is 87.3 cm³/mol. The number of rotatable bonds is 9. The Bertz CT molecular complexity index is 292. The number of unbranched alkanes of at least 4 members (excludes halogenated alkanes) is 5. The molecule has 4 heteroatoms. The number of carbonyl (C=O) groups is 1. The fraction of sp³-hybridized carbons (Fsp3) is 0.941. The van der Waals surface area contributed by atoms with Crippen molar-refractivity contribution >= 4 is 5.91 Å². The number of hydrogen-bond donors (Lipinski definition) is 1. The van der Waals surface area contributed by atoms with Crippen LogP contribution >= 0.6 is 0 Å². The minimum Gasteiger partial charge on any atom is -0.389 e. The molecule has 1 N–H and O–H groups in total. The number of hydrogen-bond acceptors (Lipinski definition) is 3. The highest BCUT2D eigenvalue weighted by Crippen LogP contribution is 2.12. The second-order valence-corrected chi connectivity index (χ2v) is 6.99. The van der Waals surface area contributed by atoms with Crippen molar-refractivity contribution in [2.24, 2.45) is 0 Å². The van der Waals surface area contributed by atoms with Gasteiger partial charge < -0.3 is 10.0 Å². The molecule has 0 aromatic heterocycles. The van der Waals surface area contributed by atoms with Gasteiger partial charge in [0.05, 0.1) is 5.60 Å². The molecule has 4 nitrogen and oxygen atoms in total. The van der Waals surface area contributed by atoms with Crippen LogP contribution in [0, 0.1) is 0 Å². The van der Waals surface area contributed by atoms with Crippen LogP contribution in [0.3, 0.4) is 0 Å². The van der Waals surface area contributed by atoms with Crippen LogP contribution in [0.4, 0.5) is 0 Å². The topological polar surface area (TPSA) is 43.8 Å². The molecule has 1 rings (SSSR count). The first-order chi connectivity index (χ1) is 9.92. The molecule has 1 amide bonds. The molecule has 0 radical (unpaired) electrons. The molecular formula is C17H34N2O2. The van der Waals surface area contributed by atoms with Gasteiger partial charge in [-0.15, -0.1) is 0 Å². The molecule has 0 atom stereocenters. The standard InChI is InChI=1S/C17H34N2O2/c1-4-5-6-7-8-9-10-16(20)19-13-11-18(12-14-19)15-17(2,3)21/h21H,4-15H2,1-3H3. The summed E-state index contributed by atoms with van der Waals surface area (Å²) in [5.41, 5.74) is -0.648. The molecule has 124 valence electrons. The van der Waals surface area contributed by atoms with E-state index < -0.39 is 5.60 Å². The number of nitrogens with zero attached hydrogens (tertiary/aromatic N) is 2. The molecule has 0 aromatic rings. The Morgan fingerprint density at radius 3 is 2.14 bits per heavy atom. The Hall–Kier alpha value is -0.610. The van der Waals surface area contributed by atoms with Crippen molar-refractivity contribution < 1.29 is 9.90 Å². The smallest absolute Gasteiger partial charge is 0.222 e. The summed E-state index contributed by atoms with van der Waals surface area (Å²) in [6, 6.07) is 0. The number of β-amino-alcohol motifs (C(OH)–C–C–N with tert-alkyl or cyclic N) is 1. The van der Waals surface area contributed by atoms with Gasteiger partial charge in [0.25, 0.3) is 0 Å². The van der Waals surface area contributed by atoms with Gasteiger partial charge in [0.2, 0.25) is 5.91 Å². The van der Waals surface area contributed by atoms with Gasteiger partial charge in [0.15, 0.2) is 0 Å². The highest BCUT2D eigenvalue weighted by Gasteiger charge is 2.24. The Morgan fingerprint density at radius 1 is 1.00 bits per heavy atom. The van der Waals surface area contributed by atoms with E-state index in [1.165, 1.54) is 32.1 Å². The lowest BCUT2D eigenvalue weighted by Crippen LogP contribution is -2.51. The molecule has 1 heterocycles. The normalized spacial score (nSPS) is 17.2. The maximum Gasteiger partial charge on any atom is 0.222 e. The van der Waals surface area contributed by atoms with Crippen LogP contribution in [-0.4, -0.2) is 59.1 Å². The van der Waals surface area contributed by atoms with E-state index in [9.17, 15) is 9.90 Å². The molecule has 0 unspecified atom stereocenters. The first-order valence-corrected chi connectivity index (χ1v) is 8.65. The van der Waals surface area contributed by atoms with Gasteiger partial charge in [-0.3, -0.25) is 9.69 Å². The molecule has 0 bridgehead atoms. The van der Waals surface area contributed by atoms with Crippen molar-refractivity contribution in [2.45, 2.75) is 71.3 Å². The summed E-state index contributed by atoms with van der Waals surface area (Å²) in [4.78, 5) is 16.4. The van der Waals surface area contributed by atoms with Crippen molar-refractivity contribution in [3.05, 3.63) is 0 Å². The van der Waals surface area contributed by atoms with Crippen molar-refractivity contribution in [2.75, 3.05) is 32.7 Å². The highest BCUT2D eigenvalue weighted by atomic mass is 16.3. The molecule has 1 aliphatic rings. The molecule has 1 saturated heterocycles. The van der Waals surface area contributed by atoms with Gasteiger partial charge in [0, 0.05) is 39.1 Å². The van der Waals surface area contributed by atoms with E-state index in [4.69, 9.17) is 0 Å². The maximum absolute atomic E-state index is 12.1. The van der Waals surface area contributed by atoms with Crippen LogP contribution in [0.1, 0.15) is 65.7 Å². The summed E-state index contributed by atoms with van der Waals surface area (Å²) in [6.45, 7) is 9.97.